The van der Waals surface area contributed by atoms with Crippen molar-refractivity contribution in [2.45, 2.75) is 6.04 Å². The molecule has 0 unspecified atom stereocenters. The Bertz CT molecular complexity index is 64.4. The number of rotatable bonds is 1. The van der Waals surface area contributed by atoms with Crippen molar-refractivity contribution in [2.24, 2.45) is 5.73 Å². The maximum atomic E-state index is 8.07. The van der Waals surface area contributed by atoms with Crippen LogP contribution in [0.4, 0.5) is 0 Å². The lowest BCUT2D eigenvalue weighted by atomic mass is 10.4. The number of aliphatic hydroxyl groups is 1. The van der Waals surface area contributed by atoms with Crippen LogP contribution in [-0.2, 0) is 0 Å². The molecule has 0 aliphatic carbocycles. The van der Waals surface area contributed by atoms with Gasteiger partial charge in [-0.1, -0.05) is 5.92 Å². The Morgan fingerprint density at radius 2 is 2.50 bits per heavy atom. The Labute approximate surface area is 37.0 Å². The number of hydrogen-bond acceptors (Lipinski definition) is 2. The predicted molar refractivity (Wildman–Crippen MR) is 23.9 cm³/mol. The molecule has 0 bridgehead atoms. The third-order valence-corrected chi connectivity index (χ3v) is 0.411. The Morgan fingerprint density at radius 1 is 2.00 bits per heavy atom. The summed E-state index contributed by atoms with van der Waals surface area (Å²) in [5, 5.41) is 8.07. The first kappa shape index (κ1) is 5.48. The van der Waals surface area contributed by atoms with E-state index >= 15 is 0 Å². The summed E-state index contributed by atoms with van der Waals surface area (Å²) in [6.45, 7) is -0.128. The van der Waals surface area contributed by atoms with Crippen LogP contribution < -0.4 is 5.73 Å². The summed E-state index contributed by atoms with van der Waals surface area (Å²) in [6.07, 6.45) is 4.75. The van der Waals surface area contributed by atoms with E-state index in [2.05, 4.69) is 5.92 Å². The molecule has 2 nitrogen and oxygen atoms in total. The van der Waals surface area contributed by atoms with E-state index in [0.29, 0.717) is 0 Å². The van der Waals surface area contributed by atoms with Crippen molar-refractivity contribution >= 4 is 0 Å². The summed E-state index contributed by atoms with van der Waals surface area (Å²) in [7, 11) is 0. The van der Waals surface area contributed by atoms with Gasteiger partial charge in [0, 0.05) is 0 Å². The van der Waals surface area contributed by atoms with E-state index < -0.39 is 6.04 Å². The summed E-state index contributed by atoms with van der Waals surface area (Å²) in [5.74, 6) is 2.14. The SMILES string of the molecule is C#C[C@H](N)CO. The van der Waals surface area contributed by atoms with E-state index in [4.69, 9.17) is 17.3 Å². The van der Waals surface area contributed by atoms with Crippen molar-refractivity contribution in [3.05, 3.63) is 0 Å². The van der Waals surface area contributed by atoms with Gasteiger partial charge < -0.3 is 10.8 Å². The minimum Gasteiger partial charge on any atom is -0.394 e. The zero-order chi connectivity index (χ0) is 4.99. The van der Waals surface area contributed by atoms with Gasteiger partial charge in [0.05, 0.1) is 12.6 Å². The summed E-state index contributed by atoms with van der Waals surface area (Å²) in [6, 6.07) is -0.481. The van der Waals surface area contributed by atoms with Gasteiger partial charge >= 0.3 is 0 Å². The van der Waals surface area contributed by atoms with Crippen molar-refractivity contribution in [1.82, 2.24) is 0 Å². The number of terminal acetylenes is 1. The maximum Gasteiger partial charge on any atom is 0.0896 e. The summed E-state index contributed by atoms with van der Waals surface area (Å²) < 4.78 is 0. The molecule has 0 saturated carbocycles. The molecule has 0 aliphatic heterocycles. The van der Waals surface area contributed by atoms with Crippen LogP contribution in [0.15, 0.2) is 0 Å². The van der Waals surface area contributed by atoms with Crippen LogP contribution in [0.25, 0.3) is 0 Å². The van der Waals surface area contributed by atoms with Gasteiger partial charge in [-0.3, -0.25) is 0 Å². The van der Waals surface area contributed by atoms with Crippen molar-refractivity contribution in [2.75, 3.05) is 6.61 Å². The molecule has 0 rings (SSSR count). The van der Waals surface area contributed by atoms with Crippen LogP contribution in [0.2, 0.25) is 0 Å². The highest BCUT2D eigenvalue weighted by Gasteiger charge is 1.86. The molecule has 0 amide bonds. The monoisotopic (exact) mass is 85.1 g/mol. The zero-order valence-corrected chi connectivity index (χ0v) is 3.39. The molecule has 6 heavy (non-hydrogen) atoms. The van der Waals surface area contributed by atoms with Gasteiger partial charge in [0.25, 0.3) is 0 Å². The van der Waals surface area contributed by atoms with Crippen molar-refractivity contribution in [3.8, 4) is 12.3 Å². The molecule has 0 heterocycles. The zero-order valence-electron chi connectivity index (χ0n) is 3.39. The fourth-order valence-corrected chi connectivity index (χ4v) is 0.0527. The third kappa shape index (κ3) is 1.77. The highest BCUT2D eigenvalue weighted by molar-refractivity contribution is 4.95. The van der Waals surface area contributed by atoms with Gasteiger partial charge in [0.2, 0.25) is 0 Å². The fourth-order valence-electron chi connectivity index (χ4n) is 0.0527. The lowest BCUT2D eigenvalue weighted by Crippen LogP contribution is -2.21. The molecule has 34 valence electrons. The second-order valence-electron chi connectivity index (χ2n) is 0.956. The highest BCUT2D eigenvalue weighted by Crippen LogP contribution is 1.63. The lowest BCUT2D eigenvalue weighted by Gasteiger charge is -1.91. The van der Waals surface area contributed by atoms with Crippen LogP contribution >= 0.6 is 0 Å². The largest absolute Gasteiger partial charge is 0.394 e. The number of aliphatic hydroxyl groups excluding tert-OH is 1. The summed E-state index contributed by atoms with van der Waals surface area (Å²) >= 11 is 0. The Hall–Kier alpha value is -0.520. The number of nitrogens with two attached hydrogens (primary N) is 1. The summed E-state index contributed by atoms with van der Waals surface area (Å²) in [5.41, 5.74) is 4.99. The van der Waals surface area contributed by atoms with Crippen molar-refractivity contribution < 1.29 is 5.11 Å². The van der Waals surface area contributed by atoms with Crippen LogP contribution in [0.5, 0.6) is 0 Å². The predicted octanol–water partition coefficient (Wildman–Crippen LogP) is -1.06. The van der Waals surface area contributed by atoms with Crippen LogP contribution in [0.1, 0.15) is 0 Å². The Morgan fingerprint density at radius 3 is 2.50 bits per heavy atom. The average molecular weight is 85.1 g/mol. The van der Waals surface area contributed by atoms with Gasteiger partial charge in [-0.15, -0.1) is 6.42 Å². The Kier molecular flexibility index (Phi) is 2.47. The van der Waals surface area contributed by atoms with Crippen LogP contribution in [-0.4, -0.2) is 17.8 Å². The van der Waals surface area contributed by atoms with Crippen molar-refractivity contribution in [3.63, 3.8) is 0 Å². The third-order valence-electron chi connectivity index (χ3n) is 0.411. The first-order valence-electron chi connectivity index (χ1n) is 1.64. The minimum absolute atomic E-state index is 0.128. The molecule has 0 spiro atoms. The minimum atomic E-state index is -0.481. The summed E-state index contributed by atoms with van der Waals surface area (Å²) in [4.78, 5) is 0. The molecule has 0 aromatic rings. The molecule has 0 radical (unpaired) electrons. The Balaban J connectivity index is 3.04. The van der Waals surface area contributed by atoms with E-state index in [-0.39, 0.29) is 6.61 Å². The van der Waals surface area contributed by atoms with E-state index in [9.17, 15) is 0 Å². The van der Waals surface area contributed by atoms with Gasteiger partial charge in [-0.05, 0) is 0 Å². The molecule has 2 heteroatoms. The quantitative estimate of drug-likeness (QED) is 0.399. The van der Waals surface area contributed by atoms with Gasteiger partial charge in [0.1, 0.15) is 0 Å². The standard InChI is InChI=1S/C4H7NO/c1-2-4(5)3-6/h1,4,6H,3,5H2/t4-/m0/s1. The molecule has 0 aromatic heterocycles. The fraction of sp³-hybridized carbons (Fsp3) is 0.500. The first-order valence-corrected chi connectivity index (χ1v) is 1.64. The molecule has 3 N–H and O–H groups in total. The van der Waals surface area contributed by atoms with Crippen LogP contribution in [0, 0.1) is 12.3 Å². The first-order chi connectivity index (χ1) is 2.81. The van der Waals surface area contributed by atoms with E-state index in [0.717, 1.165) is 0 Å². The van der Waals surface area contributed by atoms with Crippen molar-refractivity contribution in [1.29, 1.82) is 0 Å². The normalized spacial score (nSPS) is 12.8. The molecule has 0 saturated heterocycles. The smallest absolute Gasteiger partial charge is 0.0896 e. The number of hydrogen-bond donors (Lipinski definition) is 2. The maximum absolute atomic E-state index is 8.07. The van der Waals surface area contributed by atoms with Crippen LogP contribution in [0.3, 0.4) is 0 Å². The lowest BCUT2D eigenvalue weighted by molar-refractivity contribution is 0.287. The van der Waals surface area contributed by atoms with Gasteiger partial charge in [-0.25, -0.2) is 0 Å². The molecular formula is C4H7NO. The molecule has 1 atom stereocenters. The average Bonchev–Trinajstić information content (AvgIpc) is 1.65. The van der Waals surface area contributed by atoms with E-state index in [1.54, 1.807) is 0 Å². The second-order valence-corrected chi connectivity index (χ2v) is 0.956. The topological polar surface area (TPSA) is 46.2 Å². The van der Waals surface area contributed by atoms with Gasteiger partial charge in [-0.2, -0.15) is 0 Å². The van der Waals surface area contributed by atoms with Gasteiger partial charge in [0.15, 0.2) is 0 Å². The highest BCUT2D eigenvalue weighted by atomic mass is 16.3. The molecule has 0 aliphatic rings. The second kappa shape index (κ2) is 2.70. The molecular weight excluding hydrogens is 78.0 g/mol. The molecule has 0 fully saturated rings. The van der Waals surface area contributed by atoms with E-state index in [1.807, 2.05) is 0 Å². The van der Waals surface area contributed by atoms with E-state index in [1.165, 1.54) is 0 Å². The molecule has 0 aromatic carbocycles.